The first-order valence-corrected chi connectivity index (χ1v) is 6.56. The van der Waals surface area contributed by atoms with E-state index < -0.39 is 0 Å². The molecule has 0 radical (unpaired) electrons. The van der Waals surface area contributed by atoms with E-state index >= 15 is 0 Å². The number of carbonyl (C=O) groups excluding carboxylic acids is 1. The minimum atomic E-state index is -0.0778. The number of carbonyl (C=O) groups is 1. The molecule has 0 aromatic rings. The van der Waals surface area contributed by atoms with Crippen LogP contribution in [0.15, 0.2) is 12.2 Å². The molecule has 2 nitrogen and oxygen atoms in total. The van der Waals surface area contributed by atoms with Crippen molar-refractivity contribution in [1.29, 1.82) is 0 Å². The van der Waals surface area contributed by atoms with Crippen LogP contribution in [-0.4, -0.2) is 12.1 Å². The van der Waals surface area contributed by atoms with Gasteiger partial charge in [0.15, 0.2) is 0 Å². The second kappa shape index (κ2) is 10.7. The van der Waals surface area contributed by atoms with Crippen LogP contribution in [-0.2, 0) is 9.53 Å². The summed E-state index contributed by atoms with van der Waals surface area (Å²) in [5, 5.41) is 0. The summed E-state index contributed by atoms with van der Waals surface area (Å²) in [7, 11) is 0. The number of hydrogen-bond acceptors (Lipinski definition) is 2. The molecule has 0 aromatic carbocycles. The molecular weight excluding hydrogens is 200 g/mol. The Labute approximate surface area is 100 Å². The van der Waals surface area contributed by atoms with Gasteiger partial charge in [0.2, 0.25) is 0 Å². The lowest BCUT2D eigenvalue weighted by Crippen LogP contribution is -2.12. The highest BCUT2D eigenvalue weighted by atomic mass is 16.5. The Hall–Kier alpha value is -0.790. The quantitative estimate of drug-likeness (QED) is 0.334. The smallest absolute Gasteiger partial charge is 0.306 e. The van der Waals surface area contributed by atoms with Crippen LogP contribution in [0, 0.1) is 0 Å². The molecule has 1 atom stereocenters. The van der Waals surface area contributed by atoms with Crippen LogP contribution >= 0.6 is 0 Å². The molecule has 0 amide bonds. The highest BCUT2D eigenvalue weighted by Gasteiger charge is 2.05. The molecule has 0 N–H and O–H groups in total. The molecule has 0 saturated heterocycles. The van der Waals surface area contributed by atoms with Gasteiger partial charge in [0.25, 0.3) is 0 Å². The SMILES string of the molecule is CCCC/C=C/C(C)OC(=O)CCCCC. The zero-order valence-corrected chi connectivity index (χ0v) is 11.0. The summed E-state index contributed by atoms with van der Waals surface area (Å²) in [4.78, 5) is 11.4. The van der Waals surface area contributed by atoms with Gasteiger partial charge < -0.3 is 4.74 Å². The number of hydrogen-bond donors (Lipinski definition) is 0. The third-order valence-corrected chi connectivity index (χ3v) is 2.43. The molecule has 1 unspecified atom stereocenters. The third-order valence-electron chi connectivity index (χ3n) is 2.43. The van der Waals surface area contributed by atoms with Gasteiger partial charge in [-0.3, -0.25) is 4.79 Å². The molecule has 94 valence electrons. The Bertz CT molecular complexity index is 197. The summed E-state index contributed by atoms with van der Waals surface area (Å²) in [5.74, 6) is -0.0684. The first-order valence-electron chi connectivity index (χ1n) is 6.56. The van der Waals surface area contributed by atoms with Crippen molar-refractivity contribution >= 4 is 5.97 Å². The molecule has 0 aliphatic heterocycles. The van der Waals surface area contributed by atoms with Gasteiger partial charge in [-0.15, -0.1) is 0 Å². The predicted molar refractivity (Wildman–Crippen MR) is 68.4 cm³/mol. The Kier molecular flexibility index (Phi) is 10.2. The standard InChI is InChI=1S/C14H26O2/c1-4-6-8-10-11-13(3)16-14(15)12-9-7-5-2/h10-11,13H,4-9,12H2,1-3H3/b11-10+. The average Bonchev–Trinajstić information content (AvgIpc) is 2.25. The van der Waals surface area contributed by atoms with Gasteiger partial charge >= 0.3 is 5.97 Å². The maximum Gasteiger partial charge on any atom is 0.306 e. The average molecular weight is 226 g/mol. The highest BCUT2D eigenvalue weighted by molar-refractivity contribution is 5.69. The van der Waals surface area contributed by atoms with Gasteiger partial charge in [-0.2, -0.15) is 0 Å². The molecule has 2 heteroatoms. The lowest BCUT2D eigenvalue weighted by molar-refractivity contribution is -0.146. The first-order chi connectivity index (χ1) is 7.70. The topological polar surface area (TPSA) is 26.3 Å². The van der Waals surface area contributed by atoms with Crippen molar-refractivity contribution in [1.82, 2.24) is 0 Å². The van der Waals surface area contributed by atoms with E-state index in [1.54, 1.807) is 0 Å². The van der Waals surface area contributed by atoms with Gasteiger partial charge in [0.1, 0.15) is 6.10 Å². The third kappa shape index (κ3) is 9.75. The molecular formula is C14H26O2. The van der Waals surface area contributed by atoms with Crippen LogP contribution in [0.5, 0.6) is 0 Å². The maximum atomic E-state index is 11.4. The first kappa shape index (κ1) is 15.2. The molecule has 0 saturated carbocycles. The number of unbranched alkanes of at least 4 members (excludes halogenated alkanes) is 4. The second-order valence-corrected chi connectivity index (χ2v) is 4.22. The fraction of sp³-hybridized carbons (Fsp3) is 0.786. The Morgan fingerprint density at radius 1 is 1.19 bits per heavy atom. The summed E-state index contributed by atoms with van der Waals surface area (Å²) in [5.41, 5.74) is 0. The zero-order valence-electron chi connectivity index (χ0n) is 11.0. The number of allylic oxidation sites excluding steroid dienone is 1. The van der Waals surface area contributed by atoms with Crippen molar-refractivity contribution in [2.45, 2.75) is 71.8 Å². The summed E-state index contributed by atoms with van der Waals surface area (Å²) >= 11 is 0. The van der Waals surface area contributed by atoms with Crippen LogP contribution in [0.25, 0.3) is 0 Å². The van der Waals surface area contributed by atoms with E-state index in [0.717, 1.165) is 25.7 Å². The molecule has 0 aliphatic rings. The van der Waals surface area contributed by atoms with Crippen LogP contribution in [0.1, 0.15) is 65.7 Å². The van der Waals surface area contributed by atoms with Crippen molar-refractivity contribution < 1.29 is 9.53 Å². The van der Waals surface area contributed by atoms with Gasteiger partial charge in [0, 0.05) is 6.42 Å². The van der Waals surface area contributed by atoms with E-state index in [1.807, 2.05) is 13.0 Å². The fourth-order valence-corrected chi connectivity index (χ4v) is 1.43. The summed E-state index contributed by atoms with van der Waals surface area (Å²) in [6, 6.07) is 0. The lowest BCUT2D eigenvalue weighted by Gasteiger charge is -2.08. The molecule has 0 spiro atoms. The maximum absolute atomic E-state index is 11.4. The van der Waals surface area contributed by atoms with Gasteiger partial charge in [-0.1, -0.05) is 45.6 Å². The van der Waals surface area contributed by atoms with E-state index in [2.05, 4.69) is 19.9 Å². The summed E-state index contributed by atoms with van der Waals surface area (Å²) < 4.78 is 5.25. The van der Waals surface area contributed by atoms with Gasteiger partial charge in [-0.05, 0) is 25.8 Å². The summed E-state index contributed by atoms with van der Waals surface area (Å²) in [6.45, 7) is 6.22. The Balaban J connectivity index is 3.57. The van der Waals surface area contributed by atoms with Crippen molar-refractivity contribution in [3.8, 4) is 0 Å². The predicted octanol–water partition coefficient (Wildman–Crippen LogP) is 4.24. The fourth-order valence-electron chi connectivity index (χ4n) is 1.43. The van der Waals surface area contributed by atoms with E-state index in [4.69, 9.17) is 4.74 Å². The number of rotatable bonds is 9. The minimum Gasteiger partial charge on any atom is -0.458 e. The van der Waals surface area contributed by atoms with Crippen molar-refractivity contribution in [3.05, 3.63) is 12.2 Å². The van der Waals surface area contributed by atoms with Crippen molar-refractivity contribution in [2.24, 2.45) is 0 Å². The minimum absolute atomic E-state index is 0.0684. The molecule has 0 heterocycles. The Morgan fingerprint density at radius 2 is 1.88 bits per heavy atom. The van der Waals surface area contributed by atoms with E-state index in [-0.39, 0.29) is 12.1 Å². The van der Waals surface area contributed by atoms with Crippen LogP contribution in [0.4, 0.5) is 0 Å². The van der Waals surface area contributed by atoms with Crippen molar-refractivity contribution in [2.75, 3.05) is 0 Å². The number of ether oxygens (including phenoxy) is 1. The molecule has 0 aromatic heterocycles. The molecule has 0 rings (SSSR count). The van der Waals surface area contributed by atoms with Crippen LogP contribution < -0.4 is 0 Å². The van der Waals surface area contributed by atoms with E-state index in [1.165, 1.54) is 12.8 Å². The lowest BCUT2D eigenvalue weighted by atomic mass is 10.2. The molecule has 0 bridgehead atoms. The summed E-state index contributed by atoms with van der Waals surface area (Å²) in [6.07, 6.45) is 11.2. The van der Waals surface area contributed by atoms with Crippen LogP contribution in [0.3, 0.4) is 0 Å². The molecule has 0 aliphatic carbocycles. The van der Waals surface area contributed by atoms with Gasteiger partial charge in [0.05, 0.1) is 0 Å². The van der Waals surface area contributed by atoms with Crippen molar-refractivity contribution in [3.63, 3.8) is 0 Å². The largest absolute Gasteiger partial charge is 0.458 e. The molecule has 0 fully saturated rings. The van der Waals surface area contributed by atoms with E-state index in [0.29, 0.717) is 6.42 Å². The normalized spacial score (nSPS) is 12.9. The molecule has 16 heavy (non-hydrogen) atoms. The van der Waals surface area contributed by atoms with Crippen LogP contribution in [0.2, 0.25) is 0 Å². The zero-order chi connectivity index (χ0) is 12.2. The van der Waals surface area contributed by atoms with E-state index in [9.17, 15) is 4.79 Å². The second-order valence-electron chi connectivity index (χ2n) is 4.22. The highest BCUT2D eigenvalue weighted by Crippen LogP contribution is 2.04. The number of esters is 1. The monoisotopic (exact) mass is 226 g/mol. The Morgan fingerprint density at radius 3 is 2.50 bits per heavy atom. The van der Waals surface area contributed by atoms with Gasteiger partial charge in [-0.25, -0.2) is 0 Å².